The summed E-state index contributed by atoms with van der Waals surface area (Å²) >= 11 is 1.38. The highest BCUT2D eigenvalue weighted by Gasteiger charge is 2.24. The molecule has 1 aliphatic carbocycles. The molecule has 1 heterocycles. The first-order valence-corrected chi connectivity index (χ1v) is 12.3. The van der Waals surface area contributed by atoms with Crippen molar-refractivity contribution in [2.75, 3.05) is 5.75 Å². The summed E-state index contributed by atoms with van der Waals surface area (Å²) in [5.74, 6) is 0.936. The van der Waals surface area contributed by atoms with Gasteiger partial charge >= 0.3 is 0 Å². The van der Waals surface area contributed by atoms with E-state index in [9.17, 15) is 9.90 Å². The highest BCUT2D eigenvalue weighted by molar-refractivity contribution is 7.99. The van der Waals surface area contributed by atoms with E-state index >= 15 is 0 Å². The summed E-state index contributed by atoms with van der Waals surface area (Å²) in [6, 6.07) is 15.6. The van der Waals surface area contributed by atoms with Crippen molar-refractivity contribution in [3.8, 4) is 17.1 Å². The summed E-state index contributed by atoms with van der Waals surface area (Å²) < 4.78 is 2.22. The number of nitrogens with zero attached hydrogens (tertiary/aromatic N) is 4. The van der Waals surface area contributed by atoms with Crippen molar-refractivity contribution < 1.29 is 9.90 Å². The Balaban J connectivity index is 1.48. The first-order chi connectivity index (χ1) is 16.0. The number of nitrogens with one attached hydrogen (secondary N) is 1. The van der Waals surface area contributed by atoms with Gasteiger partial charge in [-0.15, -0.1) is 10.2 Å². The minimum atomic E-state index is -0.232. The van der Waals surface area contributed by atoms with Gasteiger partial charge < -0.3 is 5.11 Å². The standard InChI is InChI=1S/C25H29N5O2S/c1-17-12-14-19(15-13-17)24-28-29-25(30(24)20-8-4-3-5-9-20)33-16-23(32)27-26-18(2)21-10-6-7-11-22(21)31/h6-7,10-15,20,31H,3-5,8-9,16H2,1-2H3,(H,27,32). The van der Waals surface area contributed by atoms with Crippen LogP contribution >= 0.6 is 11.8 Å². The van der Waals surface area contributed by atoms with E-state index in [4.69, 9.17) is 0 Å². The minimum Gasteiger partial charge on any atom is -0.507 e. The van der Waals surface area contributed by atoms with Crippen molar-refractivity contribution in [3.05, 3.63) is 59.7 Å². The molecule has 1 amide bonds. The SMILES string of the molecule is CC(=NNC(=O)CSc1nnc(-c2ccc(C)cc2)n1C1CCCCC1)c1ccccc1O. The number of amides is 1. The molecule has 0 unspecified atom stereocenters. The van der Waals surface area contributed by atoms with Crippen LogP contribution in [0.15, 0.2) is 58.8 Å². The van der Waals surface area contributed by atoms with Crippen molar-refractivity contribution in [2.45, 2.75) is 57.1 Å². The number of carbonyl (C=O) groups is 1. The van der Waals surface area contributed by atoms with Crippen LogP contribution in [0.5, 0.6) is 5.75 Å². The number of hydrogen-bond acceptors (Lipinski definition) is 6. The van der Waals surface area contributed by atoms with E-state index in [2.05, 4.69) is 56.5 Å². The molecule has 172 valence electrons. The van der Waals surface area contributed by atoms with E-state index in [-0.39, 0.29) is 17.4 Å². The zero-order valence-corrected chi connectivity index (χ0v) is 19.8. The van der Waals surface area contributed by atoms with Crippen LogP contribution in [0, 0.1) is 6.92 Å². The fourth-order valence-corrected chi connectivity index (χ4v) is 4.89. The Labute approximate surface area is 198 Å². The van der Waals surface area contributed by atoms with Gasteiger partial charge in [0.25, 0.3) is 5.91 Å². The average Bonchev–Trinajstić information content (AvgIpc) is 3.26. The topological polar surface area (TPSA) is 92.4 Å². The molecule has 7 nitrogen and oxygen atoms in total. The van der Waals surface area contributed by atoms with Crippen molar-refractivity contribution in [3.63, 3.8) is 0 Å². The van der Waals surface area contributed by atoms with Gasteiger partial charge in [0.15, 0.2) is 11.0 Å². The lowest BCUT2D eigenvalue weighted by Gasteiger charge is -2.25. The molecule has 3 aromatic rings. The van der Waals surface area contributed by atoms with E-state index in [0.717, 1.165) is 29.4 Å². The van der Waals surface area contributed by atoms with E-state index in [1.807, 2.05) is 6.07 Å². The summed E-state index contributed by atoms with van der Waals surface area (Å²) in [5.41, 5.74) is 5.95. The molecule has 8 heteroatoms. The van der Waals surface area contributed by atoms with Gasteiger partial charge in [-0.05, 0) is 38.8 Å². The largest absolute Gasteiger partial charge is 0.507 e. The number of phenols is 1. The highest BCUT2D eigenvalue weighted by Crippen LogP contribution is 2.35. The van der Waals surface area contributed by atoms with Gasteiger partial charge in [0.2, 0.25) is 0 Å². The molecule has 0 radical (unpaired) electrons. The molecule has 33 heavy (non-hydrogen) atoms. The Bertz CT molecular complexity index is 1130. The Kier molecular flexibility index (Phi) is 7.44. The van der Waals surface area contributed by atoms with E-state index in [1.165, 1.54) is 36.6 Å². The van der Waals surface area contributed by atoms with Crippen LogP contribution in [0.3, 0.4) is 0 Å². The number of carbonyl (C=O) groups excluding carboxylic acids is 1. The van der Waals surface area contributed by atoms with Crippen LogP contribution in [0.1, 0.15) is 56.2 Å². The Hall–Kier alpha value is -3.13. The van der Waals surface area contributed by atoms with Crippen LogP contribution in [0.2, 0.25) is 0 Å². The van der Waals surface area contributed by atoms with Crippen LogP contribution in [-0.2, 0) is 4.79 Å². The highest BCUT2D eigenvalue weighted by atomic mass is 32.2. The lowest BCUT2D eigenvalue weighted by atomic mass is 9.95. The number of benzene rings is 2. The van der Waals surface area contributed by atoms with E-state index < -0.39 is 0 Å². The fourth-order valence-electron chi connectivity index (χ4n) is 4.09. The summed E-state index contributed by atoms with van der Waals surface area (Å²) in [4.78, 5) is 12.5. The minimum absolute atomic E-state index is 0.131. The molecule has 4 rings (SSSR count). The Morgan fingerprint density at radius 2 is 1.85 bits per heavy atom. The number of hydrazone groups is 1. The predicted octanol–water partition coefficient (Wildman–Crippen LogP) is 5.10. The maximum absolute atomic E-state index is 12.5. The molecule has 0 bridgehead atoms. The molecular weight excluding hydrogens is 434 g/mol. The number of hydrogen-bond donors (Lipinski definition) is 2. The Morgan fingerprint density at radius 1 is 1.12 bits per heavy atom. The molecule has 1 aromatic heterocycles. The monoisotopic (exact) mass is 463 g/mol. The van der Waals surface area contributed by atoms with Gasteiger partial charge in [0.05, 0.1) is 11.5 Å². The summed E-state index contributed by atoms with van der Waals surface area (Å²) in [6.07, 6.45) is 5.85. The second-order valence-corrected chi connectivity index (χ2v) is 9.31. The molecular formula is C25H29N5O2S. The number of thioether (sulfide) groups is 1. The van der Waals surface area contributed by atoms with Gasteiger partial charge in [-0.1, -0.05) is 73.0 Å². The van der Waals surface area contributed by atoms with Gasteiger partial charge in [-0.25, -0.2) is 5.43 Å². The summed E-state index contributed by atoms with van der Waals surface area (Å²) in [5, 5.41) is 23.8. The molecule has 1 saturated carbocycles. The molecule has 0 saturated heterocycles. The maximum Gasteiger partial charge on any atom is 0.250 e. The second kappa shape index (κ2) is 10.7. The lowest BCUT2D eigenvalue weighted by molar-refractivity contribution is -0.118. The smallest absolute Gasteiger partial charge is 0.250 e. The number of aromatic hydroxyl groups is 1. The predicted molar refractivity (Wildman–Crippen MR) is 132 cm³/mol. The van der Waals surface area contributed by atoms with Crippen molar-refractivity contribution >= 4 is 23.4 Å². The molecule has 0 aliphatic heterocycles. The normalized spacial score (nSPS) is 14.9. The number of rotatable bonds is 7. The van der Waals surface area contributed by atoms with E-state index in [0.29, 0.717) is 17.3 Å². The zero-order chi connectivity index (χ0) is 23.2. The zero-order valence-electron chi connectivity index (χ0n) is 19.0. The number of phenolic OH excluding ortho intramolecular Hbond substituents is 1. The molecule has 0 spiro atoms. The van der Waals surface area contributed by atoms with Crippen molar-refractivity contribution in [2.24, 2.45) is 5.10 Å². The maximum atomic E-state index is 12.5. The third kappa shape index (κ3) is 5.63. The summed E-state index contributed by atoms with van der Waals surface area (Å²) in [7, 11) is 0. The average molecular weight is 464 g/mol. The van der Waals surface area contributed by atoms with E-state index in [1.54, 1.807) is 25.1 Å². The third-order valence-corrected chi connectivity index (χ3v) is 6.83. The van der Waals surface area contributed by atoms with Gasteiger partial charge in [-0.3, -0.25) is 9.36 Å². The molecule has 2 aromatic carbocycles. The third-order valence-electron chi connectivity index (χ3n) is 5.89. The van der Waals surface area contributed by atoms with Crippen molar-refractivity contribution in [1.82, 2.24) is 20.2 Å². The first kappa shape index (κ1) is 23.0. The molecule has 0 atom stereocenters. The van der Waals surface area contributed by atoms with Crippen LogP contribution in [0.25, 0.3) is 11.4 Å². The lowest BCUT2D eigenvalue weighted by Crippen LogP contribution is -2.22. The van der Waals surface area contributed by atoms with Gasteiger partial charge in [0, 0.05) is 17.2 Å². The molecule has 2 N–H and O–H groups in total. The number of aromatic nitrogens is 3. The summed E-state index contributed by atoms with van der Waals surface area (Å²) in [6.45, 7) is 3.81. The Morgan fingerprint density at radius 3 is 2.58 bits per heavy atom. The van der Waals surface area contributed by atoms with Crippen molar-refractivity contribution in [1.29, 1.82) is 0 Å². The molecule has 1 aliphatic rings. The number of aryl methyl sites for hydroxylation is 1. The fraction of sp³-hybridized carbons (Fsp3) is 0.360. The second-order valence-electron chi connectivity index (χ2n) is 8.37. The van der Waals surface area contributed by atoms with Crippen LogP contribution < -0.4 is 5.43 Å². The quantitative estimate of drug-likeness (QED) is 0.289. The van der Waals surface area contributed by atoms with Crippen LogP contribution in [-0.4, -0.2) is 37.2 Å². The van der Waals surface area contributed by atoms with Gasteiger partial charge in [-0.2, -0.15) is 5.10 Å². The number of para-hydroxylation sites is 1. The first-order valence-electron chi connectivity index (χ1n) is 11.3. The van der Waals surface area contributed by atoms with Crippen LogP contribution in [0.4, 0.5) is 0 Å². The van der Waals surface area contributed by atoms with Gasteiger partial charge in [0.1, 0.15) is 5.75 Å². The molecule has 1 fully saturated rings.